The van der Waals surface area contributed by atoms with Crippen LogP contribution in [-0.4, -0.2) is 11.8 Å². The quantitative estimate of drug-likeness (QED) is 0.246. The van der Waals surface area contributed by atoms with Crippen molar-refractivity contribution in [2.45, 2.75) is 6.92 Å². The molecule has 3 aromatic rings. The van der Waals surface area contributed by atoms with Gasteiger partial charge in [-0.2, -0.15) is 0 Å². The number of hydrogen-bond acceptors (Lipinski definition) is 4. The van der Waals surface area contributed by atoms with Gasteiger partial charge in [-0.15, -0.1) is 0 Å². The molecule has 0 saturated carbocycles. The summed E-state index contributed by atoms with van der Waals surface area (Å²) >= 11 is 18.0. The van der Waals surface area contributed by atoms with E-state index in [0.717, 1.165) is 0 Å². The van der Waals surface area contributed by atoms with Crippen molar-refractivity contribution in [2.75, 3.05) is 0 Å². The van der Waals surface area contributed by atoms with Gasteiger partial charge in [-0.05, 0) is 67.1 Å². The van der Waals surface area contributed by atoms with Crippen LogP contribution in [0.2, 0.25) is 15.1 Å². The molecule has 0 unspecified atom stereocenters. The molecule has 150 valence electrons. The van der Waals surface area contributed by atoms with Crippen LogP contribution in [0.5, 0.6) is 11.5 Å². The molecule has 0 atom stereocenters. The molecule has 0 N–H and O–H groups in total. The van der Waals surface area contributed by atoms with Crippen molar-refractivity contribution in [3.05, 3.63) is 97.7 Å². The van der Waals surface area contributed by atoms with Gasteiger partial charge in [0, 0.05) is 20.6 Å². The molecule has 0 saturated heterocycles. The van der Waals surface area contributed by atoms with E-state index >= 15 is 0 Å². The van der Waals surface area contributed by atoms with Gasteiger partial charge < -0.3 is 9.47 Å². The lowest BCUT2D eigenvalue weighted by molar-refractivity contribution is 0.0733. The maximum atomic E-state index is 12.7. The molecule has 0 aliphatic carbocycles. The SMILES string of the molecule is Cc1c(OC(=O)c2ccc(Cl)cc2)ccc2c1O/C(=C\c1ccc(Cl)cc1Cl)C2=O. The number of halogens is 3. The number of ether oxygens (including phenoxy) is 2. The molecule has 3 aromatic carbocycles. The summed E-state index contributed by atoms with van der Waals surface area (Å²) in [5, 5.41) is 1.41. The summed E-state index contributed by atoms with van der Waals surface area (Å²) in [4.78, 5) is 25.1. The first kappa shape index (κ1) is 20.5. The van der Waals surface area contributed by atoms with E-state index in [2.05, 4.69) is 0 Å². The minimum Gasteiger partial charge on any atom is -0.452 e. The van der Waals surface area contributed by atoms with Crippen LogP contribution in [-0.2, 0) is 0 Å². The van der Waals surface area contributed by atoms with Gasteiger partial charge in [0.2, 0.25) is 5.78 Å². The van der Waals surface area contributed by atoms with E-state index in [1.165, 1.54) is 0 Å². The van der Waals surface area contributed by atoms with Crippen LogP contribution < -0.4 is 9.47 Å². The number of rotatable bonds is 3. The molecule has 7 heteroatoms. The molecule has 1 heterocycles. The van der Waals surface area contributed by atoms with Gasteiger partial charge in [0.15, 0.2) is 5.76 Å². The first-order valence-electron chi connectivity index (χ1n) is 8.84. The highest BCUT2D eigenvalue weighted by molar-refractivity contribution is 6.35. The van der Waals surface area contributed by atoms with Gasteiger partial charge in [0.1, 0.15) is 11.5 Å². The monoisotopic (exact) mass is 458 g/mol. The van der Waals surface area contributed by atoms with E-state index in [1.54, 1.807) is 67.6 Å². The molecule has 0 spiro atoms. The molecule has 1 aliphatic heterocycles. The van der Waals surface area contributed by atoms with Crippen molar-refractivity contribution in [1.29, 1.82) is 0 Å². The van der Waals surface area contributed by atoms with E-state index in [-0.39, 0.29) is 11.5 Å². The van der Waals surface area contributed by atoms with Crippen molar-refractivity contribution >= 4 is 52.6 Å². The van der Waals surface area contributed by atoms with Crippen molar-refractivity contribution < 1.29 is 19.1 Å². The van der Waals surface area contributed by atoms with Crippen LogP contribution in [0, 0.1) is 6.92 Å². The lowest BCUT2D eigenvalue weighted by Gasteiger charge is -2.10. The number of ketones is 1. The fraction of sp³-hybridized carbons (Fsp3) is 0.0435. The fourth-order valence-electron chi connectivity index (χ4n) is 2.98. The Balaban J connectivity index is 1.62. The standard InChI is InChI=1S/C23H13Cl3O4/c1-12-19(30-23(28)13-2-5-15(24)6-3-13)9-8-17-21(27)20(29-22(12)17)10-14-4-7-16(25)11-18(14)26/h2-11H,1H3/b20-10-. The topological polar surface area (TPSA) is 52.6 Å². The summed E-state index contributed by atoms with van der Waals surface area (Å²) in [5.74, 6) is -0.0547. The van der Waals surface area contributed by atoms with Crippen LogP contribution >= 0.6 is 34.8 Å². The molecule has 0 fully saturated rings. The van der Waals surface area contributed by atoms with Crippen molar-refractivity contribution in [3.63, 3.8) is 0 Å². The number of carbonyl (C=O) groups excluding carboxylic acids is 2. The molecule has 1 aliphatic rings. The average Bonchev–Trinajstić information content (AvgIpc) is 3.03. The zero-order valence-corrected chi connectivity index (χ0v) is 17.8. The lowest BCUT2D eigenvalue weighted by Crippen LogP contribution is -2.09. The maximum Gasteiger partial charge on any atom is 0.343 e. The highest BCUT2D eigenvalue weighted by Gasteiger charge is 2.30. The summed E-state index contributed by atoms with van der Waals surface area (Å²) in [6, 6.07) is 14.5. The second-order valence-corrected chi connectivity index (χ2v) is 7.85. The number of fused-ring (bicyclic) bond motifs is 1. The number of allylic oxidation sites excluding steroid dienone is 1. The van der Waals surface area contributed by atoms with Gasteiger partial charge in [-0.25, -0.2) is 4.79 Å². The third-order valence-corrected chi connectivity index (χ3v) is 5.38. The number of hydrogen-bond donors (Lipinski definition) is 0. The van der Waals surface area contributed by atoms with E-state index in [1.807, 2.05) is 0 Å². The first-order valence-corrected chi connectivity index (χ1v) is 9.97. The molecule has 30 heavy (non-hydrogen) atoms. The Labute approximate surface area is 187 Å². The summed E-state index contributed by atoms with van der Waals surface area (Å²) in [6.07, 6.45) is 1.56. The Bertz CT molecular complexity index is 1210. The smallest absolute Gasteiger partial charge is 0.343 e. The number of esters is 1. The Morgan fingerprint density at radius 2 is 1.67 bits per heavy atom. The molecular weight excluding hydrogens is 447 g/mol. The van der Waals surface area contributed by atoms with E-state index in [4.69, 9.17) is 44.3 Å². The Morgan fingerprint density at radius 1 is 0.967 bits per heavy atom. The van der Waals surface area contributed by atoms with E-state index in [0.29, 0.717) is 48.8 Å². The largest absolute Gasteiger partial charge is 0.452 e. The van der Waals surface area contributed by atoms with Crippen molar-refractivity contribution in [2.24, 2.45) is 0 Å². The lowest BCUT2D eigenvalue weighted by atomic mass is 10.1. The minimum atomic E-state index is -0.539. The minimum absolute atomic E-state index is 0.124. The normalized spacial score (nSPS) is 13.9. The molecule has 0 bridgehead atoms. The fourth-order valence-corrected chi connectivity index (χ4v) is 3.57. The van der Waals surface area contributed by atoms with Crippen LogP contribution in [0.25, 0.3) is 6.08 Å². The van der Waals surface area contributed by atoms with Crippen molar-refractivity contribution in [1.82, 2.24) is 0 Å². The summed E-state index contributed by atoms with van der Waals surface area (Å²) in [5.41, 5.74) is 1.88. The summed E-state index contributed by atoms with van der Waals surface area (Å²) in [6.45, 7) is 1.72. The molecular formula is C23H13Cl3O4. The Morgan fingerprint density at radius 3 is 2.37 bits per heavy atom. The summed E-state index contributed by atoms with van der Waals surface area (Å²) in [7, 11) is 0. The highest BCUT2D eigenvalue weighted by atomic mass is 35.5. The number of benzene rings is 3. The van der Waals surface area contributed by atoms with Gasteiger partial charge in [-0.3, -0.25) is 4.79 Å². The van der Waals surface area contributed by atoms with Gasteiger partial charge >= 0.3 is 5.97 Å². The Hall–Kier alpha value is -2.79. The van der Waals surface area contributed by atoms with E-state index < -0.39 is 5.97 Å². The predicted octanol–water partition coefficient (Wildman–Crippen LogP) is 6.79. The number of carbonyl (C=O) groups is 2. The molecule has 4 nitrogen and oxygen atoms in total. The second kappa shape index (κ2) is 8.15. The maximum absolute atomic E-state index is 12.7. The second-order valence-electron chi connectivity index (χ2n) is 6.57. The molecule has 0 aromatic heterocycles. The molecule has 0 radical (unpaired) electrons. The average molecular weight is 460 g/mol. The third kappa shape index (κ3) is 3.94. The van der Waals surface area contributed by atoms with Crippen LogP contribution in [0.15, 0.2) is 60.4 Å². The van der Waals surface area contributed by atoms with E-state index in [9.17, 15) is 9.59 Å². The van der Waals surface area contributed by atoms with Gasteiger partial charge in [0.05, 0.1) is 11.1 Å². The first-order chi connectivity index (χ1) is 14.3. The Kier molecular flexibility index (Phi) is 5.56. The third-order valence-electron chi connectivity index (χ3n) is 4.57. The van der Waals surface area contributed by atoms with Gasteiger partial charge in [-0.1, -0.05) is 40.9 Å². The zero-order chi connectivity index (χ0) is 21.4. The zero-order valence-electron chi connectivity index (χ0n) is 15.5. The predicted molar refractivity (Wildman–Crippen MR) is 117 cm³/mol. The van der Waals surface area contributed by atoms with Crippen LogP contribution in [0.3, 0.4) is 0 Å². The molecule has 0 amide bonds. The highest BCUT2D eigenvalue weighted by Crippen LogP contribution is 2.40. The van der Waals surface area contributed by atoms with Crippen molar-refractivity contribution in [3.8, 4) is 11.5 Å². The van der Waals surface area contributed by atoms with Crippen LogP contribution in [0.1, 0.15) is 31.8 Å². The van der Waals surface area contributed by atoms with Crippen LogP contribution in [0.4, 0.5) is 0 Å². The number of Topliss-reactive ketones (excluding diaryl/α,β-unsaturated/α-hetero) is 1. The van der Waals surface area contributed by atoms with Gasteiger partial charge in [0.25, 0.3) is 0 Å². The molecule has 4 rings (SSSR count). The summed E-state index contributed by atoms with van der Waals surface area (Å²) < 4.78 is 11.3.